The number of hydrogen-bond donors (Lipinski definition) is 2. The van der Waals surface area contributed by atoms with Gasteiger partial charge in [0.25, 0.3) is 10.0 Å². The van der Waals surface area contributed by atoms with E-state index in [0.29, 0.717) is 11.4 Å². The molecule has 0 spiro atoms. The maximum atomic E-state index is 13.9. The van der Waals surface area contributed by atoms with Crippen LogP contribution in [0.3, 0.4) is 0 Å². The highest BCUT2D eigenvalue weighted by molar-refractivity contribution is 7.93. The van der Waals surface area contributed by atoms with Crippen LogP contribution in [0.4, 0.5) is 14.5 Å². The molecule has 0 fully saturated rings. The number of thiazole rings is 1. The van der Waals surface area contributed by atoms with E-state index in [0.717, 1.165) is 48.2 Å². The Morgan fingerprint density at radius 2 is 1.86 bits per heavy atom. The van der Waals surface area contributed by atoms with E-state index in [2.05, 4.69) is 26.9 Å². The molecule has 0 amide bonds. The smallest absolute Gasteiger partial charge is 0.266 e. The summed E-state index contributed by atoms with van der Waals surface area (Å²) in [5, 5.41) is 4.19. The van der Waals surface area contributed by atoms with Gasteiger partial charge in [0.15, 0.2) is 5.13 Å². The Hall–Kier alpha value is -2.23. The summed E-state index contributed by atoms with van der Waals surface area (Å²) in [7, 11) is -4.08. The van der Waals surface area contributed by atoms with Crippen molar-refractivity contribution in [2.45, 2.75) is 31.1 Å². The molecule has 0 radical (unpaired) electrons. The van der Waals surface area contributed by atoms with Gasteiger partial charge in [-0.2, -0.15) is 0 Å². The zero-order chi connectivity index (χ0) is 20.0. The first-order valence-corrected chi connectivity index (χ1v) is 11.2. The Morgan fingerprint density at radius 1 is 1.10 bits per heavy atom. The van der Waals surface area contributed by atoms with Crippen molar-refractivity contribution in [3.05, 3.63) is 54.5 Å². The molecule has 0 saturated carbocycles. The van der Waals surface area contributed by atoms with E-state index in [-0.39, 0.29) is 17.5 Å². The molecule has 156 valence electrons. The minimum absolute atomic E-state index is 0. The summed E-state index contributed by atoms with van der Waals surface area (Å²) in [6.07, 6.45) is 4.84. The molecule has 10 heteroatoms. The van der Waals surface area contributed by atoms with Gasteiger partial charge < -0.3 is 5.32 Å². The minimum Gasteiger partial charge on any atom is -0.375 e. The van der Waals surface area contributed by atoms with Gasteiger partial charge in [-0.25, -0.2) is 17.8 Å². The fourth-order valence-electron chi connectivity index (χ4n) is 2.57. The number of aromatic nitrogens is 2. The van der Waals surface area contributed by atoms with Crippen LogP contribution < -0.4 is 10.0 Å². The average Bonchev–Trinajstić information content (AvgIpc) is 3.08. The fraction of sp³-hybridized carbons (Fsp3) is 0.263. The van der Waals surface area contributed by atoms with E-state index in [4.69, 9.17) is 0 Å². The quantitative estimate of drug-likeness (QED) is 0.434. The van der Waals surface area contributed by atoms with Gasteiger partial charge >= 0.3 is 0 Å². The number of halogens is 2. The van der Waals surface area contributed by atoms with Crippen molar-refractivity contribution < 1.29 is 12.8 Å². The molecule has 3 aromatic rings. The highest BCUT2D eigenvalue weighted by Gasteiger charge is 2.22. The van der Waals surface area contributed by atoms with Crippen molar-refractivity contribution in [3.8, 4) is 11.4 Å². The molecular weight excluding hydrogens is 435 g/mol. The van der Waals surface area contributed by atoms with Crippen molar-refractivity contribution in [1.29, 1.82) is 0 Å². The monoisotopic (exact) mass is 456 g/mol. The van der Waals surface area contributed by atoms with E-state index in [9.17, 15) is 12.8 Å². The third kappa shape index (κ3) is 5.88. The highest BCUT2D eigenvalue weighted by atomic mass is 35.5. The molecule has 0 aliphatic heterocycles. The van der Waals surface area contributed by atoms with Crippen molar-refractivity contribution in [3.63, 3.8) is 0 Å². The van der Waals surface area contributed by atoms with E-state index >= 15 is 0 Å². The summed E-state index contributed by atoms with van der Waals surface area (Å²) in [4.78, 5) is 8.29. The first-order valence-electron chi connectivity index (χ1n) is 8.94. The Kier molecular flexibility index (Phi) is 8.36. The molecule has 6 nitrogen and oxygen atoms in total. The van der Waals surface area contributed by atoms with Crippen molar-refractivity contribution in [2.75, 3.05) is 16.6 Å². The highest BCUT2D eigenvalue weighted by Crippen LogP contribution is 2.36. The maximum Gasteiger partial charge on any atom is 0.266 e. The third-order valence-corrected chi connectivity index (χ3v) is 6.38. The molecular formula is C19H22ClFN4O2S2. The van der Waals surface area contributed by atoms with Gasteiger partial charge in [-0.1, -0.05) is 49.3 Å². The standard InChI is InChI=1S/C19H21FN4O2S2.ClH/c1-2-3-7-13-22-18-17(15-10-6-8-12-21-15)23-19(27-18)24-28(25,26)16-11-5-4-9-14(16)20;/h4-6,8-12,22H,2-3,7,13H2,1H3,(H,23,24);1H. The van der Waals surface area contributed by atoms with Crippen LogP contribution in [0.2, 0.25) is 0 Å². The number of rotatable bonds is 9. The lowest BCUT2D eigenvalue weighted by molar-refractivity contribution is 0.570. The van der Waals surface area contributed by atoms with Crippen molar-refractivity contribution >= 4 is 43.9 Å². The number of unbranched alkanes of at least 4 members (excludes halogenated alkanes) is 2. The molecule has 0 unspecified atom stereocenters. The Morgan fingerprint density at radius 3 is 2.55 bits per heavy atom. The molecule has 0 aliphatic carbocycles. The molecule has 29 heavy (non-hydrogen) atoms. The molecule has 0 aliphatic rings. The zero-order valence-electron chi connectivity index (χ0n) is 15.8. The van der Waals surface area contributed by atoms with Gasteiger partial charge in [-0.05, 0) is 30.7 Å². The summed E-state index contributed by atoms with van der Waals surface area (Å²) < 4.78 is 41.4. The van der Waals surface area contributed by atoms with E-state index in [1.165, 1.54) is 18.2 Å². The van der Waals surface area contributed by atoms with Gasteiger partial charge in [-0.15, -0.1) is 12.4 Å². The van der Waals surface area contributed by atoms with Gasteiger partial charge in [-0.3, -0.25) is 9.71 Å². The second-order valence-corrected chi connectivity index (χ2v) is 8.73. The van der Waals surface area contributed by atoms with Gasteiger partial charge in [0.05, 0.1) is 5.69 Å². The molecule has 2 aromatic heterocycles. The summed E-state index contributed by atoms with van der Waals surface area (Å²) >= 11 is 1.16. The van der Waals surface area contributed by atoms with Crippen LogP contribution >= 0.6 is 23.7 Å². The summed E-state index contributed by atoms with van der Waals surface area (Å²) in [5.41, 5.74) is 1.20. The average molecular weight is 457 g/mol. The Bertz CT molecular complexity index is 1030. The number of hydrogen-bond acceptors (Lipinski definition) is 6. The lowest BCUT2D eigenvalue weighted by Gasteiger charge is -2.05. The second-order valence-electron chi connectivity index (χ2n) is 6.08. The van der Waals surface area contributed by atoms with Crippen molar-refractivity contribution in [2.24, 2.45) is 0 Å². The third-order valence-electron chi connectivity index (χ3n) is 3.95. The molecule has 2 N–H and O–H groups in total. The van der Waals surface area contributed by atoms with E-state index in [1.54, 1.807) is 18.3 Å². The van der Waals surface area contributed by atoms with Crippen LogP contribution in [0.15, 0.2) is 53.6 Å². The van der Waals surface area contributed by atoms with Crippen LogP contribution in [-0.2, 0) is 10.0 Å². The summed E-state index contributed by atoms with van der Waals surface area (Å²) in [6, 6.07) is 10.7. The summed E-state index contributed by atoms with van der Waals surface area (Å²) in [6.45, 7) is 2.87. The van der Waals surface area contributed by atoms with Crippen LogP contribution in [0.5, 0.6) is 0 Å². The first kappa shape index (κ1) is 23.1. The number of benzene rings is 1. The number of sulfonamides is 1. The lowest BCUT2D eigenvalue weighted by Crippen LogP contribution is -2.14. The SMILES string of the molecule is CCCCCNc1sc(NS(=O)(=O)c2ccccc2F)nc1-c1ccccn1.Cl. The summed E-state index contributed by atoms with van der Waals surface area (Å²) in [5.74, 6) is -0.811. The van der Waals surface area contributed by atoms with Crippen LogP contribution in [0.25, 0.3) is 11.4 Å². The second kappa shape index (κ2) is 10.5. The van der Waals surface area contributed by atoms with E-state index < -0.39 is 20.7 Å². The molecule has 1 aromatic carbocycles. The zero-order valence-corrected chi connectivity index (χ0v) is 18.2. The lowest BCUT2D eigenvalue weighted by atomic mass is 10.2. The predicted molar refractivity (Wildman–Crippen MR) is 118 cm³/mol. The first-order chi connectivity index (χ1) is 13.5. The molecule has 0 bridgehead atoms. The van der Waals surface area contributed by atoms with Gasteiger partial charge in [0.2, 0.25) is 0 Å². The molecule has 0 saturated heterocycles. The van der Waals surface area contributed by atoms with Crippen LogP contribution in [0.1, 0.15) is 26.2 Å². The van der Waals surface area contributed by atoms with Gasteiger partial charge in [0.1, 0.15) is 21.4 Å². The predicted octanol–water partition coefficient (Wildman–Crippen LogP) is 5.17. The topological polar surface area (TPSA) is 84.0 Å². The van der Waals surface area contributed by atoms with Gasteiger partial charge in [0, 0.05) is 12.7 Å². The molecule has 2 heterocycles. The van der Waals surface area contributed by atoms with Crippen molar-refractivity contribution in [1.82, 2.24) is 9.97 Å². The fourth-order valence-corrected chi connectivity index (χ4v) is 4.78. The number of nitrogens with one attached hydrogen (secondary N) is 2. The Labute approximate surface area is 180 Å². The number of nitrogens with zero attached hydrogens (tertiary/aromatic N) is 2. The Balaban J connectivity index is 0.00000300. The molecule has 0 atom stereocenters. The van der Waals surface area contributed by atoms with E-state index in [1.807, 2.05) is 6.07 Å². The largest absolute Gasteiger partial charge is 0.375 e. The molecule has 3 rings (SSSR count). The number of anilines is 2. The minimum atomic E-state index is -4.08. The van der Waals surface area contributed by atoms with Crippen LogP contribution in [0, 0.1) is 5.82 Å². The normalized spacial score (nSPS) is 11.0. The maximum absolute atomic E-state index is 13.9. The van der Waals surface area contributed by atoms with Crippen LogP contribution in [-0.4, -0.2) is 24.9 Å². The number of pyridine rings is 1.